The van der Waals surface area contributed by atoms with Crippen molar-refractivity contribution in [1.82, 2.24) is 20.1 Å². The summed E-state index contributed by atoms with van der Waals surface area (Å²) in [5, 5.41) is 15.2. The molecule has 14 heavy (non-hydrogen) atoms. The van der Waals surface area contributed by atoms with Crippen molar-refractivity contribution in [3.8, 4) is 6.19 Å². The lowest BCUT2D eigenvalue weighted by Gasteiger charge is -2.10. The molecule has 0 saturated heterocycles. The van der Waals surface area contributed by atoms with Crippen LogP contribution in [0.3, 0.4) is 0 Å². The minimum Gasteiger partial charge on any atom is -0.310 e. The number of H-pyrrole nitrogens is 2. The summed E-state index contributed by atoms with van der Waals surface area (Å²) in [6.45, 7) is 3.28. The van der Waals surface area contributed by atoms with E-state index in [2.05, 4.69) is 21.4 Å². The van der Waals surface area contributed by atoms with Crippen LogP contribution < -0.4 is 5.69 Å². The molecule has 6 nitrogen and oxygen atoms in total. The monoisotopic (exact) mass is 213 g/mol. The van der Waals surface area contributed by atoms with Crippen LogP contribution in [0.25, 0.3) is 0 Å². The average molecular weight is 213 g/mol. The Balaban J connectivity index is 2.29. The number of nitrogens with zero attached hydrogens (tertiary/aromatic N) is 3. The van der Waals surface area contributed by atoms with Crippen molar-refractivity contribution in [2.24, 2.45) is 0 Å². The maximum Gasteiger partial charge on any atom is 0.341 e. The predicted octanol–water partition coefficient (Wildman–Crippen LogP) is -0.00692. The Hall–Kier alpha value is -1.42. The quantitative estimate of drug-likeness (QED) is 0.408. The van der Waals surface area contributed by atoms with Gasteiger partial charge in [-0.3, -0.25) is 4.98 Å². The minimum atomic E-state index is -0.305. The number of aromatic amines is 2. The van der Waals surface area contributed by atoms with E-state index in [9.17, 15) is 4.79 Å². The molecule has 0 unspecified atom stereocenters. The molecule has 1 rings (SSSR count). The molecule has 0 bridgehead atoms. The van der Waals surface area contributed by atoms with Crippen molar-refractivity contribution in [3.63, 3.8) is 0 Å². The van der Waals surface area contributed by atoms with Gasteiger partial charge in [0, 0.05) is 18.8 Å². The summed E-state index contributed by atoms with van der Waals surface area (Å²) in [7, 11) is 0. The summed E-state index contributed by atoms with van der Waals surface area (Å²) in [4.78, 5) is 14.8. The van der Waals surface area contributed by atoms with E-state index in [1.54, 1.807) is 4.90 Å². The molecule has 76 valence electrons. The molecule has 0 aromatic carbocycles. The topological polar surface area (TPSA) is 88.6 Å². The van der Waals surface area contributed by atoms with E-state index in [1.807, 2.05) is 6.92 Å². The molecular weight excluding hydrogens is 202 g/mol. The zero-order valence-corrected chi connectivity index (χ0v) is 8.60. The third-order valence-corrected chi connectivity index (χ3v) is 2.46. The molecule has 1 aromatic rings. The summed E-state index contributed by atoms with van der Waals surface area (Å²) in [6, 6.07) is 0. The number of nitriles is 1. The van der Waals surface area contributed by atoms with Crippen molar-refractivity contribution in [1.29, 1.82) is 5.26 Å². The van der Waals surface area contributed by atoms with Gasteiger partial charge in [0.15, 0.2) is 11.3 Å². The third kappa shape index (κ3) is 3.14. The molecule has 1 aromatic heterocycles. The number of hydrogen-bond acceptors (Lipinski definition) is 5. The largest absolute Gasteiger partial charge is 0.341 e. The lowest BCUT2D eigenvalue weighted by atomic mass is 10.6. The number of hydrogen-bond donors (Lipinski definition) is 2. The van der Waals surface area contributed by atoms with Crippen molar-refractivity contribution < 1.29 is 0 Å². The molecule has 0 aliphatic rings. The number of rotatable bonds is 5. The lowest BCUT2D eigenvalue weighted by Crippen LogP contribution is -2.19. The third-order valence-electron chi connectivity index (χ3n) is 1.60. The van der Waals surface area contributed by atoms with Crippen LogP contribution in [0.4, 0.5) is 0 Å². The molecule has 0 amide bonds. The second-order valence-electron chi connectivity index (χ2n) is 2.51. The van der Waals surface area contributed by atoms with Crippen LogP contribution in [-0.2, 0) is 0 Å². The van der Waals surface area contributed by atoms with Gasteiger partial charge in [-0.2, -0.15) is 5.26 Å². The van der Waals surface area contributed by atoms with Crippen LogP contribution in [0.1, 0.15) is 6.92 Å². The van der Waals surface area contributed by atoms with Gasteiger partial charge in [-0.15, -0.1) is 5.10 Å². The minimum absolute atomic E-state index is 0.305. The Morgan fingerprint density at radius 3 is 3.00 bits per heavy atom. The maximum atomic E-state index is 10.6. The highest BCUT2D eigenvalue weighted by atomic mass is 32.2. The van der Waals surface area contributed by atoms with Crippen LogP contribution >= 0.6 is 11.8 Å². The fraction of sp³-hybridized carbons (Fsp3) is 0.571. The second-order valence-corrected chi connectivity index (χ2v) is 3.59. The molecule has 0 spiro atoms. The standard InChI is InChI=1S/C7H11N5OS/c1-2-12(5-8)3-4-14-7-9-6(13)10-11-7/h2-4H2,1H3,(H2,9,10,11,13). The Labute approximate surface area is 85.3 Å². The number of thioether (sulfide) groups is 1. The van der Waals surface area contributed by atoms with Gasteiger partial charge in [-0.25, -0.2) is 9.89 Å². The van der Waals surface area contributed by atoms with E-state index in [1.165, 1.54) is 11.8 Å². The van der Waals surface area contributed by atoms with Gasteiger partial charge in [-0.1, -0.05) is 11.8 Å². The normalized spacial score (nSPS) is 9.71. The number of aromatic nitrogens is 3. The van der Waals surface area contributed by atoms with Crippen LogP contribution in [0.5, 0.6) is 0 Å². The fourth-order valence-electron chi connectivity index (χ4n) is 0.854. The molecule has 7 heteroatoms. The molecule has 0 atom stereocenters. The van der Waals surface area contributed by atoms with Crippen molar-refractivity contribution in [3.05, 3.63) is 10.5 Å². The van der Waals surface area contributed by atoms with Gasteiger partial charge in [-0.05, 0) is 6.92 Å². The SMILES string of the molecule is CCN(C#N)CCSc1n[nH]c(=O)[nH]1. The highest BCUT2D eigenvalue weighted by molar-refractivity contribution is 7.99. The molecule has 2 N–H and O–H groups in total. The van der Waals surface area contributed by atoms with Gasteiger partial charge in [0.05, 0.1) is 0 Å². The zero-order chi connectivity index (χ0) is 10.4. The van der Waals surface area contributed by atoms with Crippen LogP contribution in [0.2, 0.25) is 0 Å². The van der Waals surface area contributed by atoms with E-state index in [4.69, 9.17) is 5.26 Å². The maximum absolute atomic E-state index is 10.6. The first-order valence-electron chi connectivity index (χ1n) is 4.18. The molecule has 0 aliphatic heterocycles. The average Bonchev–Trinajstić information content (AvgIpc) is 2.59. The first-order valence-corrected chi connectivity index (χ1v) is 5.17. The Morgan fingerprint density at radius 2 is 2.50 bits per heavy atom. The van der Waals surface area contributed by atoms with Crippen LogP contribution in [0, 0.1) is 11.5 Å². The molecule has 0 aliphatic carbocycles. The molecule has 0 saturated carbocycles. The summed E-state index contributed by atoms with van der Waals surface area (Å²) in [5.74, 6) is 0.724. The van der Waals surface area contributed by atoms with Crippen LogP contribution in [-0.4, -0.2) is 38.9 Å². The fourth-order valence-corrected chi connectivity index (χ4v) is 1.63. The second kappa shape index (κ2) is 5.34. The summed E-state index contributed by atoms with van der Waals surface area (Å²) in [5.41, 5.74) is -0.305. The molecular formula is C7H11N5OS. The van der Waals surface area contributed by atoms with Crippen molar-refractivity contribution in [2.45, 2.75) is 12.1 Å². The first kappa shape index (κ1) is 10.7. The van der Waals surface area contributed by atoms with E-state index in [0.29, 0.717) is 18.2 Å². The van der Waals surface area contributed by atoms with E-state index in [0.717, 1.165) is 5.75 Å². The summed E-state index contributed by atoms with van der Waals surface area (Å²) < 4.78 is 0. The Kier molecular flexibility index (Phi) is 4.07. The highest BCUT2D eigenvalue weighted by Crippen LogP contribution is 2.08. The predicted molar refractivity (Wildman–Crippen MR) is 52.8 cm³/mol. The highest BCUT2D eigenvalue weighted by Gasteiger charge is 2.01. The van der Waals surface area contributed by atoms with Gasteiger partial charge < -0.3 is 4.90 Å². The van der Waals surface area contributed by atoms with E-state index >= 15 is 0 Å². The summed E-state index contributed by atoms with van der Waals surface area (Å²) in [6.07, 6.45) is 2.06. The van der Waals surface area contributed by atoms with Crippen molar-refractivity contribution >= 4 is 11.8 Å². The van der Waals surface area contributed by atoms with Gasteiger partial charge in [0.1, 0.15) is 0 Å². The van der Waals surface area contributed by atoms with Crippen molar-refractivity contribution in [2.75, 3.05) is 18.8 Å². The molecule has 1 heterocycles. The Morgan fingerprint density at radius 1 is 1.71 bits per heavy atom. The van der Waals surface area contributed by atoms with Crippen LogP contribution in [0.15, 0.2) is 9.95 Å². The molecule has 0 fully saturated rings. The van der Waals surface area contributed by atoms with Gasteiger partial charge in [0.25, 0.3) is 0 Å². The zero-order valence-electron chi connectivity index (χ0n) is 7.78. The smallest absolute Gasteiger partial charge is 0.310 e. The summed E-state index contributed by atoms with van der Waals surface area (Å²) >= 11 is 1.41. The number of nitrogens with one attached hydrogen (secondary N) is 2. The van der Waals surface area contributed by atoms with E-state index in [-0.39, 0.29) is 5.69 Å². The Bertz CT molecular complexity index is 365. The lowest BCUT2D eigenvalue weighted by molar-refractivity contribution is 0.440. The van der Waals surface area contributed by atoms with E-state index < -0.39 is 0 Å². The van der Waals surface area contributed by atoms with Gasteiger partial charge in [0.2, 0.25) is 0 Å². The van der Waals surface area contributed by atoms with Gasteiger partial charge >= 0.3 is 5.69 Å². The molecule has 0 radical (unpaired) electrons. The first-order chi connectivity index (χ1) is 6.76.